The van der Waals surface area contributed by atoms with Gasteiger partial charge in [0.2, 0.25) is 0 Å². The number of hydrogen-bond donors (Lipinski definition) is 2. The second-order valence-corrected chi connectivity index (χ2v) is 2.48. The summed E-state index contributed by atoms with van der Waals surface area (Å²) in [6.07, 6.45) is 0. The van der Waals surface area contributed by atoms with Crippen LogP contribution in [-0.2, 0) is 0 Å². The van der Waals surface area contributed by atoms with Crippen LogP contribution in [0.25, 0.3) is 0 Å². The molecule has 4 heteroatoms. The second-order valence-electron chi connectivity index (χ2n) is 2.48. The second kappa shape index (κ2) is 4.08. The van der Waals surface area contributed by atoms with Crippen LogP contribution in [0.3, 0.4) is 0 Å². The van der Waals surface area contributed by atoms with Gasteiger partial charge in [0.15, 0.2) is 0 Å². The van der Waals surface area contributed by atoms with E-state index < -0.39 is 12.9 Å². The van der Waals surface area contributed by atoms with Crippen molar-refractivity contribution in [3.63, 3.8) is 0 Å². The predicted octanol–water partition coefficient (Wildman–Crippen LogP) is -0.123. The maximum absolute atomic E-state index is 12.9. The maximum Gasteiger partial charge on any atom is 0.491 e. The highest BCUT2D eigenvalue weighted by Gasteiger charge is 2.16. The summed E-state index contributed by atoms with van der Waals surface area (Å²) in [5.74, 6) is 4.68. The number of rotatable bonds is 1. The van der Waals surface area contributed by atoms with Crippen LogP contribution in [0.1, 0.15) is 12.5 Å². The molecule has 13 heavy (non-hydrogen) atoms. The first-order valence-electron chi connectivity index (χ1n) is 3.73. The van der Waals surface area contributed by atoms with Crippen LogP contribution in [0.15, 0.2) is 18.2 Å². The third-order valence-corrected chi connectivity index (χ3v) is 1.54. The average Bonchev–Trinajstić information content (AvgIpc) is 2.08. The van der Waals surface area contributed by atoms with Crippen molar-refractivity contribution in [1.82, 2.24) is 0 Å². The summed E-state index contributed by atoms with van der Waals surface area (Å²) in [5, 5.41) is 17.5. The zero-order valence-electron chi connectivity index (χ0n) is 7.08. The first kappa shape index (κ1) is 9.78. The first-order chi connectivity index (χ1) is 6.15. The van der Waals surface area contributed by atoms with Crippen LogP contribution >= 0.6 is 0 Å². The average molecular weight is 178 g/mol. The SMILES string of the molecule is CC#Cc1ccc(F)c(B(O)O)c1. The largest absolute Gasteiger partial charge is 0.491 e. The van der Waals surface area contributed by atoms with Gasteiger partial charge in [-0.15, -0.1) is 5.92 Å². The van der Waals surface area contributed by atoms with Crippen LogP contribution in [0.5, 0.6) is 0 Å². The third kappa shape index (κ3) is 2.31. The Hall–Kier alpha value is -1.31. The van der Waals surface area contributed by atoms with E-state index in [4.69, 9.17) is 10.0 Å². The Morgan fingerprint density at radius 2 is 2.08 bits per heavy atom. The fraction of sp³-hybridized carbons (Fsp3) is 0.111. The van der Waals surface area contributed by atoms with Gasteiger partial charge in [0.25, 0.3) is 0 Å². The fourth-order valence-electron chi connectivity index (χ4n) is 0.964. The molecule has 0 aliphatic heterocycles. The van der Waals surface area contributed by atoms with Crippen molar-refractivity contribution >= 4 is 12.6 Å². The van der Waals surface area contributed by atoms with Crippen molar-refractivity contribution in [3.05, 3.63) is 29.6 Å². The Bertz CT molecular complexity index is 366. The normalized spacial score (nSPS) is 8.92. The van der Waals surface area contributed by atoms with E-state index in [1.165, 1.54) is 12.1 Å². The van der Waals surface area contributed by atoms with Gasteiger partial charge in [-0.05, 0) is 25.1 Å². The lowest BCUT2D eigenvalue weighted by molar-refractivity contribution is 0.423. The molecular formula is C9H8BFO2. The van der Waals surface area contributed by atoms with Crippen molar-refractivity contribution in [1.29, 1.82) is 0 Å². The number of hydrogen-bond acceptors (Lipinski definition) is 2. The summed E-state index contributed by atoms with van der Waals surface area (Å²) in [5.41, 5.74) is 0.409. The zero-order chi connectivity index (χ0) is 9.84. The van der Waals surface area contributed by atoms with E-state index in [-0.39, 0.29) is 5.46 Å². The molecule has 0 heterocycles. The molecule has 0 saturated heterocycles. The van der Waals surface area contributed by atoms with E-state index in [1.54, 1.807) is 6.92 Å². The van der Waals surface area contributed by atoms with E-state index in [1.807, 2.05) is 0 Å². The Balaban J connectivity index is 3.16. The van der Waals surface area contributed by atoms with Gasteiger partial charge in [0, 0.05) is 11.0 Å². The fourth-order valence-corrected chi connectivity index (χ4v) is 0.964. The lowest BCUT2D eigenvalue weighted by Gasteiger charge is -2.01. The van der Waals surface area contributed by atoms with Crippen LogP contribution in [0.2, 0.25) is 0 Å². The Morgan fingerprint density at radius 1 is 1.38 bits per heavy atom. The minimum atomic E-state index is -1.79. The summed E-state index contributed by atoms with van der Waals surface area (Å²) in [4.78, 5) is 0. The molecule has 0 saturated carbocycles. The Labute approximate surface area is 76.2 Å². The van der Waals surface area contributed by atoms with Crippen LogP contribution < -0.4 is 5.46 Å². The molecule has 0 atom stereocenters. The molecule has 0 spiro atoms. The third-order valence-electron chi connectivity index (χ3n) is 1.54. The van der Waals surface area contributed by atoms with Gasteiger partial charge in [-0.25, -0.2) is 4.39 Å². The van der Waals surface area contributed by atoms with Crippen LogP contribution in [0, 0.1) is 17.7 Å². The van der Waals surface area contributed by atoms with E-state index in [9.17, 15) is 4.39 Å². The molecule has 0 radical (unpaired) electrons. The highest BCUT2D eigenvalue weighted by molar-refractivity contribution is 6.58. The van der Waals surface area contributed by atoms with E-state index in [2.05, 4.69) is 11.8 Å². The minimum Gasteiger partial charge on any atom is -0.423 e. The molecule has 1 aromatic carbocycles. The van der Waals surface area contributed by atoms with Gasteiger partial charge < -0.3 is 10.0 Å². The van der Waals surface area contributed by atoms with Gasteiger partial charge in [-0.3, -0.25) is 0 Å². The number of halogens is 1. The standard InChI is InChI=1S/C9H8BFO2/c1-2-3-7-4-5-9(11)8(6-7)10(12)13/h4-6,12-13H,1H3. The summed E-state index contributed by atoms with van der Waals surface area (Å²) < 4.78 is 12.9. The molecule has 2 nitrogen and oxygen atoms in total. The topological polar surface area (TPSA) is 40.5 Å². The summed E-state index contributed by atoms with van der Waals surface area (Å²) in [6, 6.07) is 3.96. The predicted molar refractivity (Wildman–Crippen MR) is 48.8 cm³/mol. The van der Waals surface area contributed by atoms with E-state index in [0.717, 1.165) is 6.07 Å². The highest BCUT2D eigenvalue weighted by atomic mass is 19.1. The minimum absolute atomic E-state index is 0.153. The van der Waals surface area contributed by atoms with Gasteiger partial charge in [0.1, 0.15) is 5.82 Å². The van der Waals surface area contributed by atoms with Crippen LogP contribution in [0.4, 0.5) is 4.39 Å². The maximum atomic E-state index is 12.9. The molecule has 1 aromatic rings. The summed E-state index contributed by atoms with van der Waals surface area (Å²) in [6.45, 7) is 1.65. The Morgan fingerprint density at radius 3 is 2.62 bits per heavy atom. The molecule has 0 aromatic heterocycles. The van der Waals surface area contributed by atoms with Gasteiger partial charge >= 0.3 is 7.12 Å². The van der Waals surface area contributed by atoms with Crippen molar-refractivity contribution in [3.8, 4) is 11.8 Å². The van der Waals surface area contributed by atoms with E-state index >= 15 is 0 Å². The van der Waals surface area contributed by atoms with Gasteiger partial charge in [-0.1, -0.05) is 5.92 Å². The quantitative estimate of drug-likeness (QED) is 0.464. The van der Waals surface area contributed by atoms with Crippen molar-refractivity contribution in [2.45, 2.75) is 6.92 Å². The van der Waals surface area contributed by atoms with Crippen molar-refractivity contribution < 1.29 is 14.4 Å². The smallest absolute Gasteiger partial charge is 0.423 e. The molecular weight excluding hydrogens is 170 g/mol. The van der Waals surface area contributed by atoms with E-state index in [0.29, 0.717) is 5.56 Å². The molecule has 0 fully saturated rings. The summed E-state index contributed by atoms with van der Waals surface area (Å²) >= 11 is 0. The molecule has 66 valence electrons. The zero-order valence-corrected chi connectivity index (χ0v) is 7.08. The lowest BCUT2D eigenvalue weighted by Crippen LogP contribution is -2.32. The van der Waals surface area contributed by atoms with Crippen molar-refractivity contribution in [2.75, 3.05) is 0 Å². The van der Waals surface area contributed by atoms with Gasteiger partial charge in [-0.2, -0.15) is 0 Å². The molecule has 0 unspecified atom stereocenters. The molecule has 0 aliphatic carbocycles. The van der Waals surface area contributed by atoms with Crippen molar-refractivity contribution in [2.24, 2.45) is 0 Å². The Kier molecular flexibility index (Phi) is 3.07. The molecule has 0 aliphatic rings. The molecule has 0 bridgehead atoms. The van der Waals surface area contributed by atoms with Gasteiger partial charge in [0.05, 0.1) is 0 Å². The first-order valence-corrected chi connectivity index (χ1v) is 3.73. The highest BCUT2D eigenvalue weighted by Crippen LogP contribution is 1.99. The number of benzene rings is 1. The molecule has 2 N–H and O–H groups in total. The summed E-state index contributed by atoms with van der Waals surface area (Å²) in [7, 11) is -1.79. The van der Waals surface area contributed by atoms with Crippen LogP contribution in [-0.4, -0.2) is 17.2 Å². The lowest BCUT2D eigenvalue weighted by atomic mass is 9.79. The molecule has 0 amide bonds. The molecule has 1 rings (SSSR count). The monoisotopic (exact) mass is 178 g/mol.